The first-order chi connectivity index (χ1) is 7.88. The monoisotopic (exact) mass is 320 g/mol. The minimum absolute atomic E-state index is 0.0703. The van der Waals surface area contributed by atoms with Gasteiger partial charge in [0.25, 0.3) is 15.2 Å². The molecule has 0 radical (unpaired) electrons. The predicted octanol–water partition coefficient (Wildman–Crippen LogP) is 1.02. The Morgan fingerprint density at radius 2 is 2.12 bits per heavy atom. The van der Waals surface area contributed by atoms with Gasteiger partial charge in [-0.05, 0) is 18.2 Å². The summed E-state index contributed by atoms with van der Waals surface area (Å²) in [5.41, 5.74) is 0.0827. The van der Waals surface area contributed by atoms with E-state index in [0.717, 1.165) is 0 Å². The van der Waals surface area contributed by atoms with E-state index in [-0.39, 0.29) is 11.4 Å². The molecule has 0 atom stereocenters. The van der Waals surface area contributed by atoms with Crippen molar-refractivity contribution in [2.75, 3.05) is 0 Å². The lowest BCUT2D eigenvalue weighted by Crippen LogP contribution is -2.13. The first-order valence-corrected chi connectivity index (χ1v) is 6.62. The number of aromatic amines is 1. The Hall–Kier alpha value is -1.32. The lowest BCUT2D eigenvalue weighted by atomic mass is 10.2. The molecule has 17 heavy (non-hydrogen) atoms. The van der Waals surface area contributed by atoms with Gasteiger partial charge in [-0.2, -0.15) is 10.1 Å². The standard InChI is InChI=1S/C8H6BrFN4O2S/c9-4-1-2-5(6(10)3-4)7-12-8(14-13-7)17(11,15)16/h1-3H,(H2,11,15,16)(H,12,13,14). The lowest BCUT2D eigenvalue weighted by molar-refractivity contribution is 0.589. The maximum absolute atomic E-state index is 13.5. The third-order valence-electron chi connectivity index (χ3n) is 1.91. The number of nitrogens with two attached hydrogens (primary N) is 1. The van der Waals surface area contributed by atoms with Gasteiger partial charge in [-0.25, -0.2) is 23.0 Å². The number of primary sulfonamides is 1. The summed E-state index contributed by atoms with van der Waals surface area (Å²) in [5, 5.41) is 10.1. The van der Waals surface area contributed by atoms with Gasteiger partial charge in [0.1, 0.15) is 5.82 Å². The summed E-state index contributed by atoms with van der Waals surface area (Å²) in [6.07, 6.45) is 0. The number of rotatable bonds is 2. The number of hydrogen-bond donors (Lipinski definition) is 2. The molecule has 1 heterocycles. The molecule has 0 bridgehead atoms. The van der Waals surface area contributed by atoms with Gasteiger partial charge in [0, 0.05) is 4.47 Å². The van der Waals surface area contributed by atoms with Crippen molar-refractivity contribution in [3.05, 3.63) is 28.5 Å². The number of sulfonamides is 1. The smallest absolute Gasteiger partial charge is 0.248 e. The molecule has 2 rings (SSSR count). The van der Waals surface area contributed by atoms with Crippen LogP contribution in [0.3, 0.4) is 0 Å². The Bertz CT molecular complexity index is 670. The summed E-state index contributed by atoms with van der Waals surface area (Å²) in [7, 11) is -3.97. The lowest BCUT2D eigenvalue weighted by Gasteiger charge is -1.97. The molecule has 0 aliphatic carbocycles. The van der Waals surface area contributed by atoms with Crippen molar-refractivity contribution >= 4 is 26.0 Å². The minimum Gasteiger partial charge on any atom is -0.248 e. The molecule has 1 aromatic heterocycles. The molecule has 2 aromatic rings. The number of halogens is 2. The van der Waals surface area contributed by atoms with Crippen molar-refractivity contribution in [3.63, 3.8) is 0 Å². The molecule has 0 unspecified atom stereocenters. The molecule has 3 N–H and O–H groups in total. The molecule has 0 fully saturated rings. The average Bonchev–Trinajstić information content (AvgIpc) is 2.65. The van der Waals surface area contributed by atoms with Crippen molar-refractivity contribution in [2.45, 2.75) is 5.16 Å². The summed E-state index contributed by atoms with van der Waals surface area (Å²) < 4.78 is 36.0. The van der Waals surface area contributed by atoms with E-state index in [2.05, 4.69) is 31.1 Å². The van der Waals surface area contributed by atoms with Gasteiger partial charge >= 0.3 is 0 Å². The van der Waals surface area contributed by atoms with E-state index >= 15 is 0 Å². The molecule has 90 valence electrons. The van der Waals surface area contributed by atoms with Gasteiger partial charge in [0.15, 0.2) is 5.82 Å². The highest BCUT2D eigenvalue weighted by Crippen LogP contribution is 2.22. The number of nitrogens with zero attached hydrogens (tertiary/aromatic N) is 2. The van der Waals surface area contributed by atoms with Crippen LogP contribution in [0.5, 0.6) is 0 Å². The fraction of sp³-hybridized carbons (Fsp3) is 0. The molecule has 9 heteroatoms. The fourth-order valence-electron chi connectivity index (χ4n) is 1.17. The normalized spacial score (nSPS) is 11.7. The highest BCUT2D eigenvalue weighted by molar-refractivity contribution is 9.10. The van der Waals surface area contributed by atoms with Crippen molar-refractivity contribution in [3.8, 4) is 11.4 Å². The zero-order valence-electron chi connectivity index (χ0n) is 8.18. The van der Waals surface area contributed by atoms with Gasteiger partial charge in [0.05, 0.1) is 5.56 Å². The van der Waals surface area contributed by atoms with E-state index in [1.807, 2.05) is 0 Å². The second-order valence-electron chi connectivity index (χ2n) is 3.13. The number of H-pyrrole nitrogens is 1. The zero-order chi connectivity index (χ0) is 12.6. The van der Waals surface area contributed by atoms with E-state index in [1.54, 1.807) is 6.07 Å². The van der Waals surface area contributed by atoms with Crippen LogP contribution in [-0.4, -0.2) is 23.6 Å². The number of benzene rings is 1. The Kier molecular flexibility index (Phi) is 2.98. The molecule has 6 nitrogen and oxygen atoms in total. The largest absolute Gasteiger partial charge is 0.273 e. The molecule has 0 aliphatic rings. The highest BCUT2D eigenvalue weighted by atomic mass is 79.9. The van der Waals surface area contributed by atoms with Crippen molar-refractivity contribution in [1.29, 1.82) is 0 Å². The summed E-state index contributed by atoms with van der Waals surface area (Å²) in [5.74, 6) is -0.640. The van der Waals surface area contributed by atoms with Gasteiger partial charge < -0.3 is 0 Å². The SMILES string of the molecule is NS(=O)(=O)c1nc(-c2ccc(Br)cc2F)n[nH]1. The van der Waals surface area contributed by atoms with Crippen molar-refractivity contribution in [1.82, 2.24) is 15.2 Å². The average molecular weight is 321 g/mol. The third-order valence-corrected chi connectivity index (χ3v) is 3.12. The van der Waals surface area contributed by atoms with Gasteiger partial charge in [-0.15, -0.1) is 0 Å². The first kappa shape index (κ1) is 12.1. The van der Waals surface area contributed by atoms with Crippen molar-refractivity contribution in [2.24, 2.45) is 5.14 Å². The van der Waals surface area contributed by atoms with E-state index in [4.69, 9.17) is 5.14 Å². The number of nitrogens with one attached hydrogen (secondary N) is 1. The molecule has 0 spiro atoms. The minimum atomic E-state index is -3.97. The van der Waals surface area contributed by atoms with Crippen LogP contribution in [0.15, 0.2) is 27.8 Å². The molecule has 0 saturated heterocycles. The maximum Gasteiger partial charge on any atom is 0.273 e. The predicted molar refractivity (Wildman–Crippen MR) is 60.8 cm³/mol. The molecular formula is C8H6BrFN4O2S. The fourth-order valence-corrected chi connectivity index (χ4v) is 1.89. The van der Waals surface area contributed by atoms with E-state index < -0.39 is 21.0 Å². The molecule has 0 saturated carbocycles. The molecule has 0 amide bonds. The first-order valence-electron chi connectivity index (χ1n) is 4.28. The quantitative estimate of drug-likeness (QED) is 0.862. The second-order valence-corrected chi connectivity index (χ2v) is 5.53. The van der Waals surface area contributed by atoms with Crippen LogP contribution in [-0.2, 0) is 10.0 Å². The molecule has 1 aromatic carbocycles. The van der Waals surface area contributed by atoms with E-state index in [0.29, 0.717) is 4.47 Å². The molecule has 0 aliphatic heterocycles. The van der Waals surface area contributed by atoms with Crippen LogP contribution in [0.1, 0.15) is 0 Å². The van der Waals surface area contributed by atoms with Gasteiger partial charge in [0.2, 0.25) is 0 Å². The number of hydrogen-bond acceptors (Lipinski definition) is 4. The zero-order valence-corrected chi connectivity index (χ0v) is 10.6. The maximum atomic E-state index is 13.5. The van der Waals surface area contributed by atoms with Gasteiger partial charge in [-0.1, -0.05) is 15.9 Å². The van der Waals surface area contributed by atoms with Crippen LogP contribution >= 0.6 is 15.9 Å². The van der Waals surface area contributed by atoms with Crippen LogP contribution in [0.4, 0.5) is 4.39 Å². The number of aromatic nitrogens is 3. The summed E-state index contributed by atoms with van der Waals surface area (Å²) >= 11 is 3.10. The Morgan fingerprint density at radius 3 is 2.65 bits per heavy atom. The topological polar surface area (TPSA) is 102 Å². The Balaban J connectivity index is 2.51. The summed E-state index contributed by atoms with van der Waals surface area (Å²) in [4.78, 5) is 3.61. The van der Waals surface area contributed by atoms with E-state index in [9.17, 15) is 12.8 Å². The Morgan fingerprint density at radius 1 is 1.41 bits per heavy atom. The van der Waals surface area contributed by atoms with Crippen molar-refractivity contribution < 1.29 is 12.8 Å². The highest BCUT2D eigenvalue weighted by Gasteiger charge is 2.17. The van der Waals surface area contributed by atoms with Crippen LogP contribution in [0.2, 0.25) is 0 Å². The second kappa shape index (κ2) is 4.17. The van der Waals surface area contributed by atoms with Crippen LogP contribution in [0.25, 0.3) is 11.4 Å². The van der Waals surface area contributed by atoms with Crippen LogP contribution in [0, 0.1) is 5.82 Å². The van der Waals surface area contributed by atoms with E-state index in [1.165, 1.54) is 12.1 Å². The third kappa shape index (κ3) is 2.51. The van der Waals surface area contributed by atoms with Crippen LogP contribution < -0.4 is 5.14 Å². The summed E-state index contributed by atoms with van der Waals surface area (Å²) in [6.45, 7) is 0. The summed E-state index contributed by atoms with van der Waals surface area (Å²) in [6, 6.07) is 4.24. The van der Waals surface area contributed by atoms with Gasteiger partial charge in [-0.3, -0.25) is 0 Å². The Labute approximate surface area is 104 Å². The molecular weight excluding hydrogens is 315 g/mol.